The average molecular weight is 394 g/mol. The number of nitrogens with one attached hydrogen (secondary N) is 1. The third-order valence-electron chi connectivity index (χ3n) is 5.43. The molecule has 5 nitrogen and oxygen atoms in total. The van der Waals surface area contributed by atoms with Gasteiger partial charge >= 0.3 is 0 Å². The van der Waals surface area contributed by atoms with Crippen LogP contribution in [-0.2, 0) is 21.4 Å². The molecule has 2 aromatic carbocycles. The maximum atomic E-state index is 13.4. The molecule has 1 N–H and O–H groups in total. The third-order valence-corrected chi connectivity index (χ3v) is 6.47. The van der Waals surface area contributed by atoms with Crippen molar-refractivity contribution < 1.29 is 9.59 Å². The van der Waals surface area contributed by atoms with Crippen molar-refractivity contribution in [2.24, 2.45) is 0 Å². The number of nitrogens with zero attached hydrogens (tertiary/aromatic N) is 2. The van der Waals surface area contributed by atoms with Crippen LogP contribution in [0.4, 0.5) is 0 Å². The van der Waals surface area contributed by atoms with E-state index in [2.05, 4.69) is 11.4 Å². The molecule has 6 heteroatoms. The lowest BCUT2D eigenvalue weighted by atomic mass is 9.78. The Balaban J connectivity index is 1.64. The van der Waals surface area contributed by atoms with E-state index in [0.717, 1.165) is 20.8 Å². The van der Waals surface area contributed by atoms with Crippen LogP contribution in [0.25, 0.3) is 10.2 Å². The average Bonchev–Trinajstić information content (AvgIpc) is 3.24. The summed E-state index contributed by atoms with van der Waals surface area (Å²) >= 11 is 1.63. The van der Waals surface area contributed by atoms with E-state index in [-0.39, 0.29) is 17.9 Å². The summed E-state index contributed by atoms with van der Waals surface area (Å²) in [7, 11) is 1.77. The number of hydrogen-bond acceptors (Lipinski definition) is 4. The first kappa shape index (κ1) is 18.6. The van der Waals surface area contributed by atoms with Crippen LogP contribution in [0.1, 0.15) is 23.9 Å². The summed E-state index contributed by atoms with van der Waals surface area (Å²) in [6.07, 6.45) is 0.868. The van der Waals surface area contributed by atoms with Gasteiger partial charge in [0.2, 0.25) is 11.8 Å². The van der Waals surface area contributed by atoms with Crippen LogP contribution in [0, 0.1) is 0 Å². The van der Waals surface area contributed by atoms with Crippen molar-refractivity contribution in [3.05, 3.63) is 65.2 Å². The lowest BCUT2D eigenvalue weighted by Crippen LogP contribution is -2.48. The lowest BCUT2D eigenvalue weighted by molar-refractivity contribution is -0.126. The molecule has 1 saturated heterocycles. The molecule has 2 heterocycles. The van der Waals surface area contributed by atoms with Gasteiger partial charge in [0.25, 0.3) is 0 Å². The van der Waals surface area contributed by atoms with E-state index in [9.17, 15) is 9.59 Å². The zero-order chi connectivity index (χ0) is 19.7. The van der Waals surface area contributed by atoms with Crippen LogP contribution < -0.4 is 5.32 Å². The molecule has 0 radical (unpaired) electrons. The first-order chi connectivity index (χ1) is 13.5. The van der Waals surface area contributed by atoms with Crippen LogP contribution in [-0.4, -0.2) is 41.3 Å². The van der Waals surface area contributed by atoms with E-state index < -0.39 is 5.41 Å². The van der Waals surface area contributed by atoms with Gasteiger partial charge in [0.05, 0.1) is 26.7 Å². The number of carbonyl (C=O) groups excluding carboxylic acids is 2. The number of rotatable bonds is 5. The number of hydrogen-bond donors (Lipinski definition) is 1. The summed E-state index contributed by atoms with van der Waals surface area (Å²) in [6.45, 7) is 2.51. The second kappa shape index (κ2) is 7.36. The zero-order valence-electron chi connectivity index (χ0n) is 16.0. The molecule has 1 aliphatic rings. The van der Waals surface area contributed by atoms with Crippen LogP contribution in [0.2, 0.25) is 0 Å². The van der Waals surface area contributed by atoms with Crippen LogP contribution in [0.3, 0.4) is 0 Å². The Morgan fingerprint density at radius 1 is 1.21 bits per heavy atom. The van der Waals surface area contributed by atoms with Gasteiger partial charge in [-0.25, -0.2) is 4.98 Å². The van der Waals surface area contributed by atoms with Gasteiger partial charge in [0, 0.05) is 26.4 Å². The highest BCUT2D eigenvalue weighted by molar-refractivity contribution is 7.18. The Morgan fingerprint density at radius 2 is 1.93 bits per heavy atom. The normalized spacial score (nSPS) is 19.0. The fourth-order valence-electron chi connectivity index (χ4n) is 3.72. The molecule has 28 heavy (non-hydrogen) atoms. The third kappa shape index (κ3) is 3.52. The second-order valence-corrected chi connectivity index (χ2v) is 8.71. The molecule has 1 fully saturated rings. The number of likely N-dealkylation sites (N-methyl/N-ethyl adjacent to an activating group) is 1. The minimum absolute atomic E-state index is 0.0638. The summed E-state index contributed by atoms with van der Waals surface area (Å²) in [5.74, 6) is 0.00365. The van der Waals surface area contributed by atoms with Gasteiger partial charge in [-0.2, -0.15) is 0 Å². The van der Waals surface area contributed by atoms with E-state index in [1.165, 1.54) is 0 Å². The number of benzene rings is 2. The largest absolute Gasteiger partial charge is 0.350 e. The molecule has 2 amide bonds. The van der Waals surface area contributed by atoms with E-state index in [0.29, 0.717) is 19.4 Å². The van der Waals surface area contributed by atoms with Gasteiger partial charge in [-0.15, -0.1) is 11.3 Å². The molecule has 0 spiro atoms. The standard InChI is InChI=1S/C22H23N3O2S/c1-22(15-8-4-3-5-9-15,21(27)23-16-12-20(26)25(2)14-16)13-19-24-17-10-6-7-11-18(17)28-19/h3-11,16H,12-14H2,1-2H3,(H,23,27). The number of aromatic nitrogens is 1. The molecule has 144 valence electrons. The topological polar surface area (TPSA) is 62.3 Å². The highest BCUT2D eigenvalue weighted by Crippen LogP contribution is 2.32. The van der Waals surface area contributed by atoms with Crippen LogP contribution >= 0.6 is 11.3 Å². The first-order valence-corrected chi connectivity index (χ1v) is 10.2. The summed E-state index contributed by atoms with van der Waals surface area (Å²) in [4.78, 5) is 31.6. The summed E-state index contributed by atoms with van der Waals surface area (Å²) in [6, 6.07) is 17.7. The number of thiazole rings is 1. The highest BCUT2D eigenvalue weighted by Gasteiger charge is 2.39. The monoisotopic (exact) mass is 393 g/mol. The van der Waals surface area contributed by atoms with Crippen LogP contribution in [0.15, 0.2) is 54.6 Å². The van der Waals surface area contributed by atoms with E-state index in [1.54, 1.807) is 23.3 Å². The summed E-state index contributed by atoms with van der Waals surface area (Å²) in [5.41, 5.74) is 1.14. The zero-order valence-corrected chi connectivity index (χ0v) is 16.8. The molecule has 3 aromatic rings. The van der Waals surface area contributed by atoms with Gasteiger partial charge in [-0.1, -0.05) is 42.5 Å². The maximum Gasteiger partial charge on any atom is 0.231 e. The number of fused-ring (bicyclic) bond motifs is 1. The Kier molecular flexibility index (Phi) is 4.89. The Hall–Kier alpha value is -2.73. The van der Waals surface area contributed by atoms with Crippen molar-refractivity contribution in [2.75, 3.05) is 13.6 Å². The molecular formula is C22H23N3O2S. The molecule has 1 aromatic heterocycles. The van der Waals surface area contributed by atoms with Gasteiger partial charge in [-0.3, -0.25) is 9.59 Å². The molecule has 1 aliphatic heterocycles. The fraction of sp³-hybridized carbons (Fsp3) is 0.318. The minimum atomic E-state index is -0.765. The molecule has 4 rings (SSSR count). The molecule has 0 aliphatic carbocycles. The Labute approximate surface area is 168 Å². The van der Waals surface area contributed by atoms with Crippen molar-refractivity contribution >= 4 is 33.4 Å². The van der Waals surface area contributed by atoms with Crippen LogP contribution in [0.5, 0.6) is 0 Å². The number of para-hydroxylation sites is 1. The van der Waals surface area contributed by atoms with Gasteiger partial charge in [0.15, 0.2) is 0 Å². The SMILES string of the molecule is CN1CC(NC(=O)C(C)(Cc2nc3ccccc3s2)c2ccccc2)CC1=O. The smallest absolute Gasteiger partial charge is 0.231 e. The number of carbonyl (C=O) groups is 2. The van der Waals surface area contributed by atoms with E-state index in [4.69, 9.17) is 4.98 Å². The number of likely N-dealkylation sites (tertiary alicyclic amines) is 1. The molecule has 2 atom stereocenters. The minimum Gasteiger partial charge on any atom is -0.350 e. The predicted octanol–water partition coefficient (Wildman–Crippen LogP) is 3.14. The van der Waals surface area contributed by atoms with Crippen molar-refractivity contribution in [3.8, 4) is 0 Å². The second-order valence-electron chi connectivity index (χ2n) is 7.60. The first-order valence-electron chi connectivity index (χ1n) is 9.40. The Bertz CT molecular complexity index is 984. The molecule has 0 saturated carbocycles. The molecular weight excluding hydrogens is 370 g/mol. The quantitative estimate of drug-likeness (QED) is 0.724. The van der Waals surface area contributed by atoms with Crippen molar-refractivity contribution in [2.45, 2.75) is 31.2 Å². The summed E-state index contributed by atoms with van der Waals surface area (Å²) in [5, 5.41) is 4.04. The molecule has 2 unspecified atom stereocenters. The van der Waals surface area contributed by atoms with Gasteiger partial charge in [-0.05, 0) is 24.6 Å². The Morgan fingerprint density at radius 3 is 2.61 bits per heavy atom. The van der Waals surface area contributed by atoms with Crippen molar-refractivity contribution in [1.82, 2.24) is 15.2 Å². The number of amides is 2. The van der Waals surface area contributed by atoms with E-state index in [1.807, 2.05) is 55.5 Å². The highest BCUT2D eigenvalue weighted by atomic mass is 32.1. The molecule has 0 bridgehead atoms. The summed E-state index contributed by atoms with van der Waals surface area (Å²) < 4.78 is 1.12. The fourth-order valence-corrected chi connectivity index (χ4v) is 4.85. The maximum absolute atomic E-state index is 13.4. The predicted molar refractivity (Wildman–Crippen MR) is 111 cm³/mol. The van der Waals surface area contributed by atoms with Gasteiger partial charge in [0.1, 0.15) is 0 Å². The van der Waals surface area contributed by atoms with E-state index >= 15 is 0 Å². The van der Waals surface area contributed by atoms with Gasteiger partial charge < -0.3 is 10.2 Å². The lowest BCUT2D eigenvalue weighted by Gasteiger charge is -2.29. The van der Waals surface area contributed by atoms with Crippen molar-refractivity contribution in [3.63, 3.8) is 0 Å². The van der Waals surface area contributed by atoms with Crippen molar-refractivity contribution in [1.29, 1.82) is 0 Å².